The van der Waals surface area contributed by atoms with E-state index in [1.807, 2.05) is 20.8 Å². The van der Waals surface area contributed by atoms with Crippen LogP contribution < -0.4 is 5.32 Å². The lowest BCUT2D eigenvalue weighted by Crippen LogP contribution is -2.50. The lowest BCUT2D eigenvalue weighted by Gasteiger charge is -2.37. The Morgan fingerprint density at radius 1 is 1.32 bits per heavy atom. The second-order valence-electron chi connectivity index (χ2n) is 7.01. The summed E-state index contributed by atoms with van der Waals surface area (Å²) >= 11 is 0. The highest BCUT2D eigenvalue weighted by atomic mass is 32.2. The molecule has 1 aliphatic heterocycles. The Morgan fingerprint density at radius 3 is 2.59 bits per heavy atom. The number of nitrogens with one attached hydrogen (secondary N) is 1. The van der Waals surface area contributed by atoms with Gasteiger partial charge in [-0.3, -0.25) is 0 Å². The number of likely N-dealkylation sites (tertiary alicyclic amines) is 1. The van der Waals surface area contributed by atoms with Crippen molar-refractivity contribution in [3.05, 3.63) is 0 Å². The van der Waals surface area contributed by atoms with Gasteiger partial charge >= 0.3 is 6.09 Å². The van der Waals surface area contributed by atoms with Gasteiger partial charge in [0.25, 0.3) is 0 Å². The molecule has 7 heteroatoms. The number of ether oxygens (including phenoxy) is 1. The van der Waals surface area contributed by atoms with Crippen LogP contribution in [0.3, 0.4) is 0 Å². The maximum Gasteiger partial charge on any atom is 0.410 e. The zero-order valence-electron chi connectivity index (χ0n) is 14.2. The van der Waals surface area contributed by atoms with Crippen molar-refractivity contribution in [1.82, 2.24) is 10.2 Å². The Balaban J connectivity index is 2.40. The fraction of sp³-hybridized carbons (Fsp3) is 0.933. The minimum atomic E-state index is -2.90. The van der Waals surface area contributed by atoms with Crippen molar-refractivity contribution in [3.8, 4) is 0 Å². The fourth-order valence-electron chi connectivity index (χ4n) is 2.50. The Bertz CT molecular complexity index is 457. The molecule has 1 saturated heterocycles. The largest absolute Gasteiger partial charge is 0.444 e. The smallest absolute Gasteiger partial charge is 0.410 e. The first-order valence-electron chi connectivity index (χ1n) is 7.96. The van der Waals surface area contributed by atoms with Crippen molar-refractivity contribution >= 4 is 15.9 Å². The molecule has 6 nitrogen and oxygen atoms in total. The first kappa shape index (κ1) is 19.2. The van der Waals surface area contributed by atoms with Gasteiger partial charge in [0.05, 0.1) is 5.75 Å². The highest BCUT2D eigenvalue weighted by molar-refractivity contribution is 7.90. The predicted octanol–water partition coefficient (Wildman–Crippen LogP) is 1.80. The van der Waals surface area contributed by atoms with Crippen LogP contribution in [-0.2, 0) is 14.6 Å². The van der Waals surface area contributed by atoms with E-state index in [0.29, 0.717) is 19.5 Å². The van der Waals surface area contributed by atoms with E-state index in [9.17, 15) is 13.2 Å². The molecule has 0 aromatic carbocycles. The number of piperidine rings is 1. The van der Waals surface area contributed by atoms with E-state index in [1.165, 1.54) is 6.26 Å². The molecule has 0 aromatic rings. The minimum Gasteiger partial charge on any atom is -0.444 e. The van der Waals surface area contributed by atoms with Crippen LogP contribution in [0.4, 0.5) is 4.79 Å². The molecule has 1 aliphatic rings. The van der Waals surface area contributed by atoms with Crippen molar-refractivity contribution in [2.75, 3.05) is 31.6 Å². The Hall–Kier alpha value is -0.820. The standard InChI is InChI=1S/C15H30N2O4S/c1-15(2,3)21-14(18)17-10-6-5-8-13(17)12-16-9-7-11-22(4,19)20/h13,16H,5-12H2,1-4H3. The van der Waals surface area contributed by atoms with Crippen LogP contribution in [0.2, 0.25) is 0 Å². The van der Waals surface area contributed by atoms with Crippen molar-refractivity contribution in [2.45, 2.75) is 58.1 Å². The molecule has 22 heavy (non-hydrogen) atoms. The van der Waals surface area contributed by atoms with E-state index >= 15 is 0 Å². The summed E-state index contributed by atoms with van der Waals surface area (Å²) in [6, 6.07) is 0.127. The first-order valence-corrected chi connectivity index (χ1v) is 10.0. The van der Waals surface area contributed by atoms with Crippen LogP contribution in [0.5, 0.6) is 0 Å². The number of rotatable bonds is 6. The molecule has 0 aromatic heterocycles. The van der Waals surface area contributed by atoms with Gasteiger partial charge in [0.1, 0.15) is 15.4 Å². The third-order valence-corrected chi connectivity index (χ3v) is 4.53. The number of carbonyl (C=O) groups is 1. The highest BCUT2D eigenvalue weighted by Crippen LogP contribution is 2.20. The molecule has 1 amide bonds. The molecule has 0 aliphatic carbocycles. The van der Waals surface area contributed by atoms with E-state index in [0.717, 1.165) is 25.8 Å². The molecule has 1 fully saturated rings. The summed E-state index contributed by atoms with van der Waals surface area (Å²) in [5.41, 5.74) is -0.484. The molecule has 0 radical (unpaired) electrons. The second kappa shape index (κ2) is 8.15. The van der Waals surface area contributed by atoms with Crippen LogP contribution in [-0.4, -0.2) is 62.7 Å². The molecule has 1 heterocycles. The van der Waals surface area contributed by atoms with Gasteiger partial charge in [0.2, 0.25) is 0 Å². The average molecular weight is 334 g/mol. The van der Waals surface area contributed by atoms with Crippen molar-refractivity contribution in [3.63, 3.8) is 0 Å². The SMILES string of the molecule is CC(C)(C)OC(=O)N1CCCCC1CNCCCS(C)(=O)=O. The minimum absolute atomic E-state index is 0.127. The molecule has 0 saturated carbocycles. The molecule has 130 valence electrons. The third kappa shape index (κ3) is 7.98. The van der Waals surface area contributed by atoms with Gasteiger partial charge in [0, 0.05) is 25.4 Å². The van der Waals surface area contributed by atoms with Gasteiger partial charge in [-0.05, 0) is 53.0 Å². The second-order valence-corrected chi connectivity index (χ2v) is 9.27. The maximum atomic E-state index is 12.2. The zero-order valence-corrected chi connectivity index (χ0v) is 15.0. The number of amides is 1. The molecular weight excluding hydrogens is 304 g/mol. The normalized spacial score (nSPS) is 20.0. The highest BCUT2D eigenvalue weighted by Gasteiger charge is 2.30. The molecule has 1 N–H and O–H groups in total. The molecule has 0 bridgehead atoms. The molecule has 1 unspecified atom stereocenters. The Morgan fingerprint density at radius 2 is 2.00 bits per heavy atom. The van der Waals surface area contributed by atoms with Gasteiger partial charge in [0.15, 0.2) is 0 Å². The molecule has 0 spiro atoms. The van der Waals surface area contributed by atoms with Crippen molar-refractivity contribution < 1.29 is 17.9 Å². The number of carbonyl (C=O) groups excluding carboxylic acids is 1. The molecular formula is C15H30N2O4S. The third-order valence-electron chi connectivity index (χ3n) is 3.50. The van der Waals surface area contributed by atoms with Crippen LogP contribution in [0.1, 0.15) is 46.5 Å². The zero-order chi connectivity index (χ0) is 16.8. The average Bonchev–Trinajstić information content (AvgIpc) is 2.35. The van der Waals surface area contributed by atoms with Crippen molar-refractivity contribution in [1.29, 1.82) is 0 Å². The summed E-state index contributed by atoms with van der Waals surface area (Å²) in [6.45, 7) is 7.66. The van der Waals surface area contributed by atoms with E-state index in [-0.39, 0.29) is 17.9 Å². The van der Waals surface area contributed by atoms with E-state index in [4.69, 9.17) is 4.74 Å². The van der Waals surface area contributed by atoms with Crippen LogP contribution in [0.25, 0.3) is 0 Å². The summed E-state index contributed by atoms with van der Waals surface area (Å²) in [6.07, 6.45) is 4.66. The molecule has 1 rings (SSSR count). The van der Waals surface area contributed by atoms with Crippen LogP contribution in [0.15, 0.2) is 0 Å². The Kier molecular flexibility index (Phi) is 7.12. The summed E-state index contributed by atoms with van der Waals surface area (Å²) in [5.74, 6) is 0.195. The van der Waals surface area contributed by atoms with Crippen molar-refractivity contribution in [2.24, 2.45) is 0 Å². The van der Waals surface area contributed by atoms with Gasteiger partial charge in [-0.15, -0.1) is 0 Å². The summed E-state index contributed by atoms with van der Waals surface area (Å²) in [7, 11) is -2.90. The van der Waals surface area contributed by atoms with E-state index in [1.54, 1.807) is 4.90 Å². The van der Waals surface area contributed by atoms with Gasteiger partial charge in [-0.2, -0.15) is 0 Å². The lowest BCUT2D eigenvalue weighted by atomic mass is 10.0. The number of hydrogen-bond donors (Lipinski definition) is 1. The maximum absolute atomic E-state index is 12.2. The number of hydrogen-bond acceptors (Lipinski definition) is 5. The monoisotopic (exact) mass is 334 g/mol. The lowest BCUT2D eigenvalue weighted by molar-refractivity contribution is 0.00999. The topological polar surface area (TPSA) is 75.7 Å². The van der Waals surface area contributed by atoms with E-state index < -0.39 is 15.4 Å². The number of sulfone groups is 1. The van der Waals surface area contributed by atoms with Gasteiger partial charge in [-0.25, -0.2) is 13.2 Å². The predicted molar refractivity (Wildman–Crippen MR) is 87.8 cm³/mol. The fourth-order valence-corrected chi connectivity index (χ4v) is 3.17. The Labute approximate surface area is 134 Å². The summed E-state index contributed by atoms with van der Waals surface area (Å²) in [4.78, 5) is 14.0. The molecule has 1 atom stereocenters. The van der Waals surface area contributed by atoms with Crippen LogP contribution in [0, 0.1) is 0 Å². The quantitative estimate of drug-likeness (QED) is 0.750. The first-order chi connectivity index (χ1) is 10.1. The van der Waals surface area contributed by atoms with Crippen LogP contribution >= 0.6 is 0 Å². The number of nitrogens with zero attached hydrogens (tertiary/aromatic N) is 1. The summed E-state index contributed by atoms with van der Waals surface area (Å²) in [5, 5.41) is 3.26. The van der Waals surface area contributed by atoms with Gasteiger partial charge < -0.3 is 15.0 Å². The van der Waals surface area contributed by atoms with E-state index in [2.05, 4.69) is 5.32 Å². The van der Waals surface area contributed by atoms with Gasteiger partial charge in [-0.1, -0.05) is 0 Å². The summed E-state index contributed by atoms with van der Waals surface area (Å²) < 4.78 is 27.6.